The van der Waals surface area contributed by atoms with Crippen molar-refractivity contribution < 1.29 is 22.8 Å². The third-order valence-electron chi connectivity index (χ3n) is 3.17. The number of hydrogen-bond acceptors (Lipinski definition) is 2. The molecule has 1 aromatic rings. The normalized spacial score (nSPS) is 13.8. The molecule has 0 fully saturated rings. The Labute approximate surface area is 132 Å². The van der Waals surface area contributed by atoms with Crippen LogP contribution in [0.3, 0.4) is 0 Å². The number of carbonyl (C=O) groups is 2. The Bertz CT molecular complexity index is 561. The van der Waals surface area contributed by atoms with E-state index in [2.05, 4.69) is 16.0 Å². The fraction of sp³-hybridized carbons (Fsp3) is 0.467. The van der Waals surface area contributed by atoms with Crippen LogP contribution in [0.2, 0.25) is 0 Å². The van der Waals surface area contributed by atoms with E-state index in [1.165, 1.54) is 32.0 Å². The molecular formula is C15H20F3N3O2. The lowest BCUT2D eigenvalue weighted by molar-refractivity contribution is -0.138. The lowest BCUT2D eigenvalue weighted by Gasteiger charge is -2.21. The Kier molecular flexibility index (Phi) is 6.41. The number of hydrogen-bond donors (Lipinski definition) is 3. The van der Waals surface area contributed by atoms with Crippen LogP contribution in [0, 0.1) is 0 Å². The van der Waals surface area contributed by atoms with E-state index in [4.69, 9.17) is 0 Å². The van der Waals surface area contributed by atoms with Gasteiger partial charge in [0.1, 0.15) is 6.04 Å². The quantitative estimate of drug-likeness (QED) is 0.776. The van der Waals surface area contributed by atoms with Gasteiger partial charge in [0.15, 0.2) is 0 Å². The van der Waals surface area contributed by atoms with Crippen molar-refractivity contribution in [2.24, 2.45) is 0 Å². The molecule has 0 aliphatic carbocycles. The van der Waals surface area contributed by atoms with Crippen LogP contribution in [0.15, 0.2) is 24.3 Å². The standard InChI is InChI=1S/C15H20F3N3O2/c1-4-19-13(22)10(3)21-14(23)20-9(2)11-7-5-6-8-12(11)15(16,17)18/h5-10H,4H2,1-3H3,(H,19,22)(H2,20,21,23)/t9-,10+/m1/s1. The van der Waals surface area contributed by atoms with E-state index in [-0.39, 0.29) is 11.5 Å². The number of benzene rings is 1. The maximum atomic E-state index is 13.0. The molecule has 23 heavy (non-hydrogen) atoms. The lowest BCUT2D eigenvalue weighted by Crippen LogP contribution is -2.48. The Hall–Kier alpha value is -2.25. The number of alkyl halides is 3. The van der Waals surface area contributed by atoms with Gasteiger partial charge in [0.2, 0.25) is 5.91 Å². The Morgan fingerprint density at radius 1 is 1.13 bits per heavy atom. The minimum absolute atomic E-state index is 0.0409. The lowest BCUT2D eigenvalue weighted by atomic mass is 10.0. The van der Waals surface area contributed by atoms with Crippen LogP contribution in [-0.2, 0) is 11.0 Å². The molecule has 0 aliphatic heterocycles. The van der Waals surface area contributed by atoms with Gasteiger partial charge in [-0.1, -0.05) is 18.2 Å². The Balaban J connectivity index is 2.75. The summed E-state index contributed by atoms with van der Waals surface area (Å²) in [5, 5.41) is 7.32. The van der Waals surface area contributed by atoms with Gasteiger partial charge in [-0.25, -0.2) is 4.79 Å². The van der Waals surface area contributed by atoms with Crippen LogP contribution in [0.25, 0.3) is 0 Å². The average molecular weight is 331 g/mol. The van der Waals surface area contributed by atoms with Gasteiger partial charge in [-0.05, 0) is 32.4 Å². The molecule has 0 unspecified atom stereocenters. The molecule has 0 spiro atoms. The summed E-state index contributed by atoms with van der Waals surface area (Å²) in [5.74, 6) is -0.369. The minimum Gasteiger partial charge on any atom is -0.355 e. The first kappa shape index (κ1) is 18.8. The van der Waals surface area contributed by atoms with Crippen molar-refractivity contribution in [3.63, 3.8) is 0 Å². The third-order valence-corrected chi connectivity index (χ3v) is 3.17. The second-order valence-corrected chi connectivity index (χ2v) is 5.04. The molecule has 0 bridgehead atoms. The summed E-state index contributed by atoms with van der Waals surface area (Å²) >= 11 is 0. The number of nitrogens with one attached hydrogen (secondary N) is 3. The van der Waals surface area contributed by atoms with Crippen LogP contribution in [-0.4, -0.2) is 24.5 Å². The van der Waals surface area contributed by atoms with Crippen molar-refractivity contribution in [1.29, 1.82) is 0 Å². The monoisotopic (exact) mass is 331 g/mol. The van der Waals surface area contributed by atoms with Crippen molar-refractivity contribution in [1.82, 2.24) is 16.0 Å². The first-order valence-electron chi connectivity index (χ1n) is 7.17. The van der Waals surface area contributed by atoms with E-state index in [1.807, 2.05) is 0 Å². The Morgan fingerprint density at radius 3 is 2.30 bits per heavy atom. The number of amides is 3. The fourth-order valence-electron chi connectivity index (χ4n) is 2.04. The average Bonchev–Trinajstić information content (AvgIpc) is 2.46. The predicted molar refractivity (Wildman–Crippen MR) is 79.7 cm³/mol. The highest BCUT2D eigenvalue weighted by atomic mass is 19.4. The highest BCUT2D eigenvalue weighted by Gasteiger charge is 2.34. The van der Waals surface area contributed by atoms with Crippen molar-refractivity contribution in [2.45, 2.75) is 39.0 Å². The Morgan fingerprint density at radius 2 is 1.74 bits per heavy atom. The summed E-state index contributed by atoms with van der Waals surface area (Å²) in [7, 11) is 0. The van der Waals surface area contributed by atoms with E-state index in [0.717, 1.165) is 6.07 Å². The van der Waals surface area contributed by atoms with Crippen molar-refractivity contribution in [3.05, 3.63) is 35.4 Å². The van der Waals surface area contributed by atoms with Gasteiger partial charge in [-0.2, -0.15) is 13.2 Å². The summed E-state index contributed by atoms with van der Waals surface area (Å²) in [6.45, 7) is 5.09. The number of rotatable bonds is 5. The number of halogens is 3. The summed E-state index contributed by atoms with van der Waals surface area (Å²) in [5.41, 5.74) is -0.842. The molecule has 0 aliphatic rings. The number of likely N-dealkylation sites (N-methyl/N-ethyl adjacent to an activating group) is 1. The van der Waals surface area contributed by atoms with Gasteiger partial charge in [0.25, 0.3) is 0 Å². The molecule has 1 aromatic carbocycles. The zero-order chi connectivity index (χ0) is 17.6. The topological polar surface area (TPSA) is 70.2 Å². The summed E-state index contributed by atoms with van der Waals surface area (Å²) < 4.78 is 38.9. The van der Waals surface area contributed by atoms with E-state index < -0.39 is 29.9 Å². The van der Waals surface area contributed by atoms with Gasteiger partial charge in [0.05, 0.1) is 11.6 Å². The molecule has 3 N–H and O–H groups in total. The van der Waals surface area contributed by atoms with Crippen molar-refractivity contribution in [3.8, 4) is 0 Å². The summed E-state index contributed by atoms with van der Waals surface area (Å²) in [6, 6.07) is 2.65. The van der Waals surface area contributed by atoms with Crippen LogP contribution in [0.5, 0.6) is 0 Å². The van der Waals surface area contributed by atoms with Gasteiger partial charge >= 0.3 is 12.2 Å². The molecule has 8 heteroatoms. The molecule has 0 aromatic heterocycles. The van der Waals surface area contributed by atoms with Crippen LogP contribution >= 0.6 is 0 Å². The second-order valence-electron chi connectivity index (χ2n) is 5.04. The molecule has 3 amide bonds. The van der Waals surface area contributed by atoms with E-state index in [1.54, 1.807) is 6.92 Å². The molecule has 128 valence electrons. The van der Waals surface area contributed by atoms with E-state index in [0.29, 0.717) is 6.54 Å². The zero-order valence-corrected chi connectivity index (χ0v) is 13.1. The highest BCUT2D eigenvalue weighted by molar-refractivity contribution is 5.86. The molecular weight excluding hydrogens is 311 g/mol. The van der Waals surface area contributed by atoms with Gasteiger partial charge in [0, 0.05) is 6.54 Å². The smallest absolute Gasteiger partial charge is 0.355 e. The largest absolute Gasteiger partial charge is 0.416 e. The van der Waals surface area contributed by atoms with Crippen LogP contribution < -0.4 is 16.0 Å². The summed E-state index contributed by atoms with van der Waals surface area (Å²) in [4.78, 5) is 23.3. The fourth-order valence-corrected chi connectivity index (χ4v) is 2.04. The second kappa shape index (κ2) is 7.85. The van der Waals surface area contributed by atoms with Crippen LogP contribution in [0.4, 0.5) is 18.0 Å². The first-order valence-corrected chi connectivity index (χ1v) is 7.17. The number of carbonyl (C=O) groups excluding carboxylic acids is 2. The molecule has 0 heterocycles. The molecule has 0 saturated carbocycles. The first-order chi connectivity index (χ1) is 10.7. The van der Waals surface area contributed by atoms with Gasteiger partial charge in [-0.3, -0.25) is 4.79 Å². The molecule has 5 nitrogen and oxygen atoms in total. The zero-order valence-electron chi connectivity index (χ0n) is 13.1. The van der Waals surface area contributed by atoms with E-state index >= 15 is 0 Å². The predicted octanol–water partition coefficient (Wildman–Crippen LogP) is 2.59. The molecule has 0 radical (unpaired) electrons. The maximum absolute atomic E-state index is 13.0. The minimum atomic E-state index is -4.50. The third kappa shape index (κ3) is 5.46. The molecule has 1 rings (SSSR count). The highest BCUT2D eigenvalue weighted by Crippen LogP contribution is 2.34. The van der Waals surface area contributed by atoms with Gasteiger partial charge < -0.3 is 16.0 Å². The summed E-state index contributed by atoms with van der Waals surface area (Å²) in [6.07, 6.45) is -4.50. The number of urea groups is 1. The van der Waals surface area contributed by atoms with Crippen molar-refractivity contribution in [2.75, 3.05) is 6.54 Å². The van der Waals surface area contributed by atoms with E-state index in [9.17, 15) is 22.8 Å². The molecule has 2 atom stereocenters. The maximum Gasteiger partial charge on any atom is 0.416 e. The SMILES string of the molecule is CCNC(=O)[C@H](C)NC(=O)N[C@H](C)c1ccccc1C(F)(F)F. The van der Waals surface area contributed by atoms with Crippen molar-refractivity contribution >= 4 is 11.9 Å². The molecule has 0 saturated heterocycles. The van der Waals surface area contributed by atoms with Gasteiger partial charge in [-0.15, -0.1) is 0 Å². The van der Waals surface area contributed by atoms with Crippen LogP contribution in [0.1, 0.15) is 37.9 Å².